The topological polar surface area (TPSA) is 12.0 Å². The average molecular weight is 321 g/mol. The molecule has 4 heteroatoms. The Balaban J connectivity index is 1.80. The fourth-order valence-electron chi connectivity index (χ4n) is 1.84. The highest BCUT2D eigenvalue weighted by Crippen LogP contribution is 2.25. The summed E-state index contributed by atoms with van der Waals surface area (Å²) in [4.78, 5) is 0. The number of hydrogen-bond donors (Lipinski definition) is 1. The molecule has 0 spiro atoms. The Labute approximate surface area is 114 Å². The van der Waals surface area contributed by atoms with Crippen molar-refractivity contribution in [2.75, 3.05) is 12.3 Å². The van der Waals surface area contributed by atoms with Crippen LogP contribution in [0.1, 0.15) is 18.4 Å². The van der Waals surface area contributed by atoms with Crippen molar-refractivity contribution in [3.63, 3.8) is 0 Å². The van der Waals surface area contributed by atoms with Crippen molar-refractivity contribution in [2.45, 2.75) is 24.6 Å². The number of halogens is 2. The van der Waals surface area contributed by atoms with Crippen molar-refractivity contribution in [1.29, 1.82) is 0 Å². The van der Waals surface area contributed by atoms with Crippen LogP contribution in [0.2, 0.25) is 5.02 Å². The zero-order valence-electron chi connectivity index (χ0n) is 9.01. The van der Waals surface area contributed by atoms with Gasteiger partial charge in [-0.15, -0.1) is 0 Å². The first kappa shape index (κ1) is 12.7. The number of hydrogen-bond acceptors (Lipinski definition) is 2. The molecular weight excluding hydrogens is 306 g/mol. The van der Waals surface area contributed by atoms with Crippen molar-refractivity contribution in [3.05, 3.63) is 33.3 Å². The Morgan fingerprint density at radius 3 is 3.06 bits per heavy atom. The van der Waals surface area contributed by atoms with E-state index < -0.39 is 0 Å². The standard InChI is InChI=1S/C12H15BrClNS/c13-10-4-3-9(12(14)6-10)7-15-8-11-2-1-5-16-11/h3-4,6,11,15H,1-2,5,7-8H2. The van der Waals surface area contributed by atoms with Gasteiger partial charge in [-0.05, 0) is 36.3 Å². The van der Waals surface area contributed by atoms with Crippen LogP contribution in [0.5, 0.6) is 0 Å². The summed E-state index contributed by atoms with van der Waals surface area (Å²) < 4.78 is 1.03. The quantitative estimate of drug-likeness (QED) is 0.897. The Morgan fingerprint density at radius 2 is 2.38 bits per heavy atom. The average Bonchev–Trinajstić information content (AvgIpc) is 2.74. The maximum Gasteiger partial charge on any atom is 0.0462 e. The second-order valence-electron chi connectivity index (χ2n) is 4.00. The van der Waals surface area contributed by atoms with Crippen LogP contribution in [0.3, 0.4) is 0 Å². The molecule has 1 aliphatic heterocycles. The molecule has 0 aromatic heterocycles. The van der Waals surface area contributed by atoms with Gasteiger partial charge in [-0.25, -0.2) is 0 Å². The molecule has 1 nitrogen and oxygen atoms in total. The van der Waals surface area contributed by atoms with Crippen LogP contribution in [0, 0.1) is 0 Å². The summed E-state index contributed by atoms with van der Waals surface area (Å²) in [6.45, 7) is 1.96. The summed E-state index contributed by atoms with van der Waals surface area (Å²) in [6.07, 6.45) is 2.72. The lowest BCUT2D eigenvalue weighted by Crippen LogP contribution is -2.22. The lowest BCUT2D eigenvalue weighted by atomic mass is 10.2. The molecule has 0 saturated carbocycles. The van der Waals surface area contributed by atoms with Gasteiger partial charge in [-0.1, -0.05) is 33.6 Å². The van der Waals surface area contributed by atoms with Gasteiger partial charge >= 0.3 is 0 Å². The van der Waals surface area contributed by atoms with Gasteiger partial charge in [0.05, 0.1) is 0 Å². The summed E-state index contributed by atoms with van der Waals surface area (Å²) >= 11 is 11.6. The Hall–Kier alpha value is 0.300. The molecule has 1 N–H and O–H groups in total. The zero-order valence-corrected chi connectivity index (χ0v) is 12.2. The van der Waals surface area contributed by atoms with Crippen molar-refractivity contribution < 1.29 is 0 Å². The van der Waals surface area contributed by atoms with Crippen LogP contribution < -0.4 is 5.32 Å². The molecule has 0 aliphatic carbocycles. The normalized spacial score (nSPS) is 20.2. The number of nitrogens with one attached hydrogen (secondary N) is 1. The molecule has 1 heterocycles. The van der Waals surface area contributed by atoms with Crippen LogP contribution >= 0.6 is 39.3 Å². The molecule has 1 unspecified atom stereocenters. The van der Waals surface area contributed by atoms with Gasteiger partial charge in [-0.2, -0.15) is 11.8 Å². The van der Waals surface area contributed by atoms with Gasteiger partial charge in [0.1, 0.15) is 0 Å². The molecule has 0 bridgehead atoms. The van der Waals surface area contributed by atoms with Crippen molar-refractivity contribution in [1.82, 2.24) is 5.32 Å². The Kier molecular flexibility index (Phi) is 5.01. The molecule has 0 radical (unpaired) electrons. The second kappa shape index (κ2) is 6.29. The summed E-state index contributed by atoms with van der Waals surface area (Å²) in [6, 6.07) is 6.05. The molecule has 1 saturated heterocycles. The minimum atomic E-state index is 0.800. The fraction of sp³-hybridized carbons (Fsp3) is 0.500. The largest absolute Gasteiger partial charge is 0.312 e. The highest BCUT2D eigenvalue weighted by atomic mass is 79.9. The third-order valence-corrected chi connectivity index (χ3v) is 4.97. The first-order valence-corrected chi connectivity index (χ1v) is 7.74. The van der Waals surface area contributed by atoms with Crippen molar-refractivity contribution in [2.24, 2.45) is 0 Å². The monoisotopic (exact) mass is 319 g/mol. The third-order valence-electron chi connectivity index (χ3n) is 2.73. The molecular formula is C12H15BrClNS. The van der Waals surface area contributed by atoms with Crippen LogP contribution in [0.15, 0.2) is 22.7 Å². The minimum Gasteiger partial charge on any atom is -0.312 e. The molecule has 2 rings (SSSR count). The zero-order chi connectivity index (χ0) is 11.4. The highest BCUT2D eigenvalue weighted by molar-refractivity contribution is 9.10. The van der Waals surface area contributed by atoms with Gasteiger partial charge in [0.2, 0.25) is 0 Å². The molecule has 1 aromatic carbocycles. The maximum atomic E-state index is 6.15. The molecule has 16 heavy (non-hydrogen) atoms. The molecule has 1 fully saturated rings. The smallest absolute Gasteiger partial charge is 0.0462 e. The summed E-state index contributed by atoms with van der Waals surface area (Å²) in [7, 11) is 0. The summed E-state index contributed by atoms with van der Waals surface area (Å²) in [5.74, 6) is 1.32. The van der Waals surface area contributed by atoms with Crippen LogP contribution in [-0.4, -0.2) is 17.5 Å². The second-order valence-corrected chi connectivity index (χ2v) is 6.73. The van der Waals surface area contributed by atoms with Gasteiger partial charge in [0, 0.05) is 27.8 Å². The van der Waals surface area contributed by atoms with E-state index in [-0.39, 0.29) is 0 Å². The SMILES string of the molecule is Clc1cc(Br)ccc1CNCC1CCCS1. The first-order valence-electron chi connectivity index (χ1n) is 5.52. The van der Waals surface area contributed by atoms with Gasteiger partial charge in [0.25, 0.3) is 0 Å². The number of rotatable bonds is 4. The van der Waals surface area contributed by atoms with Crippen molar-refractivity contribution in [3.8, 4) is 0 Å². The molecule has 88 valence electrons. The van der Waals surface area contributed by atoms with Crippen LogP contribution in [-0.2, 0) is 6.54 Å². The Bertz CT molecular complexity index is 353. The van der Waals surface area contributed by atoms with E-state index >= 15 is 0 Å². The maximum absolute atomic E-state index is 6.15. The highest BCUT2D eigenvalue weighted by Gasteiger charge is 2.14. The Morgan fingerprint density at radius 1 is 1.50 bits per heavy atom. The number of benzene rings is 1. The lowest BCUT2D eigenvalue weighted by molar-refractivity contribution is 0.646. The first-order chi connectivity index (χ1) is 7.75. The third kappa shape index (κ3) is 3.66. The van der Waals surface area contributed by atoms with E-state index in [1.165, 1.54) is 24.2 Å². The predicted octanol–water partition coefficient (Wildman–Crippen LogP) is 4.09. The lowest BCUT2D eigenvalue weighted by Gasteiger charge is -2.11. The molecule has 1 atom stereocenters. The van der Waals surface area contributed by atoms with E-state index in [9.17, 15) is 0 Å². The summed E-state index contributed by atoms with van der Waals surface area (Å²) in [5.41, 5.74) is 1.17. The van der Waals surface area contributed by atoms with Crippen LogP contribution in [0.4, 0.5) is 0 Å². The molecule has 1 aliphatic rings. The van der Waals surface area contributed by atoms with E-state index in [0.717, 1.165) is 27.8 Å². The van der Waals surface area contributed by atoms with Crippen molar-refractivity contribution >= 4 is 39.3 Å². The van der Waals surface area contributed by atoms with Gasteiger partial charge in [-0.3, -0.25) is 0 Å². The van der Waals surface area contributed by atoms with E-state index in [1.807, 2.05) is 12.1 Å². The van der Waals surface area contributed by atoms with E-state index in [0.29, 0.717) is 0 Å². The van der Waals surface area contributed by atoms with E-state index in [1.54, 1.807) is 0 Å². The minimum absolute atomic E-state index is 0.800. The number of thioether (sulfide) groups is 1. The van der Waals surface area contributed by atoms with E-state index in [4.69, 9.17) is 11.6 Å². The fourth-order valence-corrected chi connectivity index (χ4v) is 3.81. The molecule has 1 aromatic rings. The summed E-state index contributed by atoms with van der Waals surface area (Å²) in [5, 5.41) is 5.12. The van der Waals surface area contributed by atoms with Gasteiger partial charge in [0.15, 0.2) is 0 Å². The van der Waals surface area contributed by atoms with Gasteiger partial charge < -0.3 is 5.32 Å². The predicted molar refractivity (Wildman–Crippen MR) is 76.3 cm³/mol. The van der Waals surface area contributed by atoms with Crippen LogP contribution in [0.25, 0.3) is 0 Å². The van der Waals surface area contributed by atoms with E-state index in [2.05, 4.69) is 39.1 Å². The molecule has 0 amide bonds.